The highest BCUT2D eigenvalue weighted by atomic mass is 35.5. The second-order valence-corrected chi connectivity index (χ2v) is 8.62. The fraction of sp³-hybridized carbons (Fsp3) is 0.280. The van der Waals surface area contributed by atoms with Crippen molar-refractivity contribution in [2.24, 2.45) is 0 Å². The fourth-order valence-electron chi connectivity index (χ4n) is 3.45. The lowest BCUT2D eigenvalue weighted by molar-refractivity contribution is -0.118. The van der Waals surface area contributed by atoms with Crippen LogP contribution in [0.2, 0.25) is 5.02 Å². The first-order valence-electron chi connectivity index (χ1n) is 11.2. The molecule has 2 aromatic carbocycles. The van der Waals surface area contributed by atoms with Crippen LogP contribution >= 0.6 is 11.6 Å². The van der Waals surface area contributed by atoms with Crippen molar-refractivity contribution in [2.45, 2.75) is 39.8 Å². The Labute approximate surface area is 207 Å². The zero-order chi connectivity index (χ0) is 24.9. The molecule has 1 N–H and O–H groups in total. The van der Waals surface area contributed by atoms with Crippen LogP contribution in [0.25, 0.3) is 5.78 Å². The molecule has 9 nitrogen and oxygen atoms in total. The molecule has 1 amide bonds. The Bertz CT molecular complexity index is 1400. The van der Waals surface area contributed by atoms with Crippen molar-refractivity contribution < 1.29 is 14.3 Å². The van der Waals surface area contributed by atoms with Gasteiger partial charge >= 0.3 is 0 Å². The van der Waals surface area contributed by atoms with Gasteiger partial charge in [-0.2, -0.15) is 9.50 Å². The van der Waals surface area contributed by atoms with Gasteiger partial charge in [-0.3, -0.25) is 14.3 Å². The van der Waals surface area contributed by atoms with E-state index in [1.165, 1.54) is 16.1 Å². The SMILES string of the molecule is CCc1ccc(OCC(=O)Nc2cc(Cl)ccc2OCc2cc(=O)n3c(ncn3C(C)C)n2)cc1. The average Bonchev–Trinajstić information content (AvgIpc) is 3.28. The molecule has 10 heteroatoms. The Hall–Kier alpha value is -3.85. The standard InChI is InChI=1S/C25H26ClN5O4/c1-4-17-5-8-20(9-6-17)34-14-23(32)29-21-11-18(26)7-10-22(21)35-13-19-12-24(33)31-25(28-19)27-15-30(31)16(2)3/h5-12,15-16H,4,13-14H2,1-3H3,(H,29,32). The zero-order valence-corrected chi connectivity index (χ0v) is 20.5. The number of carbonyl (C=O) groups excluding carboxylic acids is 1. The minimum Gasteiger partial charge on any atom is -0.485 e. The van der Waals surface area contributed by atoms with E-state index in [0.717, 1.165) is 6.42 Å². The quantitative estimate of drug-likeness (QED) is 0.372. The molecule has 0 fully saturated rings. The van der Waals surface area contributed by atoms with E-state index in [0.29, 0.717) is 33.7 Å². The lowest BCUT2D eigenvalue weighted by Crippen LogP contribution is -2.23. The third-order valence-corrected chi connectivity index (χ3v) is 5.51. The van der Waals surface area contributed by atoms with Gasteiger partial charge in [0.2, 0.25) is 0 Å². The highest BCUT2D eigenvalue weighted by molar-refractivity contribution is 6.31. The molecule has 0 aliphatic heterocycles. The summed E-state index contributed by atoms with van der Waals surface area (Å²) >= 11 is 6.13. The van der Waals surface area contributed by atoms with E-state index in [-0.39, 0.29) is 30.7 Å². The van der Waals surface area contributed by atoms with Crippen LogP contribution in [0.3, 0.4) is 0 Å². The molecule has 0 spiro atoms. The van der Waals surface area contributed by atoms with Crippen LogP contribution in [0.15, 0.2) is 59.7 Å². The van der Waals surface area contributed by atoms with Gasteiger partial charge in [0, 0.05) is 17.1 Å². The molecule has 0 atom stereocenters. The maximum absolute atomic E-state index is 12.6. The van der Waals surface area contributed by atoms with Crippen LogP contribution in [-0.4, -0.2) is 31.7 Å². The molecule has 4 rings (SSSR count). The maximum atomic E-state index is 12.6. The predicted octanol–water partition coefficient (Wildman–Crippen LogP) is 4.28. The van der Waals surface area contributed by atoms with Crippen molar-refractivity contribution >= 4 is 29.0 Å². The molecule has 2 aromatic heterocycles. The highest BCUT2D eigenvalue weighted by Crippen LogP contribution is 2.28. The van der Waals surface area contributed by atoms with Gasteiger partial charge in [-0.15, -0.1) is 0 Å². The van der Waals surface area contributed by atoms with Crippen molar-refractivity contribution in [2.75, 3.05) is 11.9 Å². The van der Waals surface area contributed by atoms with Gasteiger partial charge in [0.05, 0.1) is 11.4 Å². The summed E-state index contributed by atoms with van der Waals surface area (Å²) in [7, 11) is 0. The van der Waals surface area contributed by atoms with Crippen LogP contribution in [0.1, 0.15) is 38.1 Å². The Morgan fingerprint density at radius 1 is 1.11 bits per heavy atom. The van der Waals surface area contributed by atoms with E-state index < -0.39 is 0 Å². The predicted molar refractivity (Wildman–Crippen MR) is 133 cm³/mol. The summed E-state index contributed by atoms with van der Waals surface area (Å²) < 4.78 is 14.6. The minimum atomic E-state index is -0.367. The number of anilines is 1. The Morgan fingerprint density at radius 3 is 2.60 bits per heavy atom. The van der Waals surface area contributed by atoms with Gasteiger partial charge in [-0.05, 0) is 56.2 Å². The first kappa shape index (κ1) is 24.3. The molecular weight excluding hydrogens is 470 g/mol. The molecule has 0 saturated carbocycles. The van der Waals surface area contributed by atoms with Crippen LogP contribution < -0.4 is 20.3 Å². The second-order valence-electron chi connectivity index (χ2n) is 8.18. The van der Waals surface area contributed by atoms with E-state index in [1.54, 1.807) is 29.2 Å². The number of amides is 1. The van der Waals surface area contributed by atoms with Crippen LogP contribution in [0, 0.1) is 0 Å². The number of ether oxygens (including phenoxy) is 2. The number of rotatable bonds is 9. The van der Waals surface area contributed by atoms with Gasteiger partial charge < -0.3 is 14.8 Å². The molecule has 4 aromatic rings. The normalized spacial score (nSPS) is 11.1. The number of nitrogens with zero attached hydrogens (tertiary/aromatic N) is 4. The summed E-state index contributed by atoms with van der Waals surface area (Å²) in [5.74, 6) is 0.907. The molecule has 0 aliphatic rings. The summed E-state index contributed by atoms with van der Waals surface area (Å²) in [4.78, 5) is 33.7. The molecule has 2 heterocycles. The molecule has 182 valence electrons. The van der Waals surface area contributed by atoms with E-state index in [1.807, 2.05) is 38.1 Å². The van der Waals surface area contributed by atoms with Crippen molar-refractivity contribution in [3.8, 4) is 11.5 Å². The van der Waals surface area contributed by atoms with E-state index in [2.05, 4.69) is 22.2 Å². The first-order valence-corrected chi connectivity index (χ1v) is 11.6. The maximum Gasteiger partial charge on any atom is 0.274 e. The van der Waals surface area contributed by atoms with Gasteiger partial charge in [0.1, 0.15) is 24.4 Å². The summed E-state index contributed by atoms with van der Waals surface area (Å²) in [6, 6.07) is 13.9. The number of carbonyl (C=O) groups is 1. The third-order valence-electron chi connectivity index (χ3n) is 5.28. The molecule has 0 saturated heterocycles. The Morgan fingerprint density at radius 2 is 1.89 bits per heavy atom. The number of nitrogens with one attached hydrogen (secondary N) is 1. The van der Waals surface area contributed by atoms with Crippen molar-refractivity contribution in [3.63, 3.8) is 0 Å². The van der Waals surface area contributed by atoms with Crippen LogP contribution in [-0.2, 0) is 17.8 Å². The summed E-state index contributed by atoms with van der Waals surface area (Å²) in [5.41, 5.74) is 1.73. The number of halogens is 1. The number of aryl methyl sites for hydroxylation is 1. The summed E-state index contributed by atoms with van der Waals surface area (Å²) in [6.45, 7) is 5.80. The lowest BCUT2D eigenvalue weighted by atomic mass is 10.2. The van der Waals surface area contributed by atoms with Gasteiger partial charge in [0.15, 0.2) is 6.61 Å². The molecule has 0 radical (unpaired) electrons. The average molecular weight is 496 g/mol. The molecule has 0 aliphatic carbocycles. The topological polar surface area (TPSA) is 99.7 Å². The van der Waals surface area contributed by atoms with Crippen LogP contribution in [0.4, 0.5) is 5.69 Å². The first-order chi connectivity index (χ1) is 16.8. The fourth-order valence-corrected chi connectivity index (χ4v) is 3.62. The number of aromatic nitrogens is 4. The number of hydrogen-bond donors (Lipinski definition) is 1. The number of fused-ring (bicyclic) bond motifs is 1. The Kier molecular flexibility index (Phi) is 7.36. The Balaban J connectivity index is 1.43. The van der Waals surface area contributed by atoms with Crippen molar-refractivity contribution in [3.05, 3.63) is 81.5 Å². The second kappa shape index (κ2) is 10.6. The summed E-state index contributed by atoms with van der Waals surface area (Å²) in [5, 5.41) is 3.19. The van der Waals surface area contributed by atoms with E-state index in [9.17, 15) is 9.59 Å². The lowest BCUT2D eigenvalue weighted by Gasteiger charge is -2.14. The third kappa shape index (κ3) is 5.81. The van der Waals surface area contributed by atoms with Crippen LogP contribution in [0.5, 0.6) is 11.5 Å². The monoisotopic (exact) mass is 495 g/mol. The minimum absolute atomic E-state index is 0.00502. The van der Waals surface area contributed by atoms with Gasteiger partial charge in [-0.25, -0.2) is 4.98 Å². The van der Waals surface area contributed by atoms with Crippen molar-refractivity contribution in [1.29, 1.82) is 0 Å². The van der Waals surface area contributed by atoms with E-state index in [4.69, 9.17) is 21.1 Å². The highest BCUT2D eigenvalue weighted by Gasteiger charge is 2.13. The molecule has 0 bridgehead atoms. The van der Waals surface area contributed by atoms with Crippen molar-refractivity contribution in [1.82, 2.24) is 19.2 Å². The zero-order valence-electron chi connectivity index (χ0n) is 19.7. The number of hydrogen-bond acceptors (Lipinski definition) is 6. The molecule has 0 unspecified atom stereocenters. The number of benzene rings is 2. The van der Waals surface area contributed by atoms with Gasteiger partial charge in [0.25, 0.3) is 17.2 Å². The molecular formula is C25H26ClN5O4. The molecule has 35 heavy (non-hydrogen) atoms. The van der Waals surface area contributed by atoms with Gasteiger partial charge in [-0.1, -0.05) is 30.7 Å². The van der Waals surface area contributed by atoms with E-state index >= 15 is 0 Å². The summed E-state index contributed by atoms with van der Waals surface area (Å²) in [6.07, 6.45) is 2.50. The smallest absolute Gasteiger partial charge is 0.274 e. The largest absolute Gasteiger partial charge is 0.485 e.